The molecule has 0 bridgehead atoms. The van der Waals surface area contributed by atoms with Crippen LogP contribution in [0.2, 0.25) is 15.1 Å². The molecule has 0 aliphatic heterocycles. The predicted molar refractivity (Wildman–Crippen MR) is 66.4 cm³/mol. The lowest BCUT2D eigenvalue weighted by Gasteiger charge is -2.14. The van der Waals surface area contributed by atoms with E-state index in [0.717, 1.165) is 0 Å². The first-order chi connectivity index (χ1) is 8.86. The van der Waals surface area contributed by atoms with E-state index in [-0.39, 0.29) is 6.61 Å². The lowest BCUT2D eigenvalue weighted by Crippen LogP contribution is -2.17. The molecule has 0 fully saturated rings. The summed E-state index contributed by atoms with van der Waals surface area (Å²) in [7, 11) is 0. The van der Waals surface area contributed by atoms with Crippen LogP contribution in [0.25, 0.3) is 0 Å². The van der Waals surface area contributed by atoms with Gasteiger partial charge < -0.3 is 4.74 Å². The number of ether oxygens (including phenoxy) is 1. The van der Waals surface area contributed by atoms with Crippen molar-refractivity contribution in [2.75, 3.05) is 6.61 Å². The molecule has 0 amide bonds. The van der Waals surface area contributed by atoms with E-state index in [4.69, 9.17) is 40.1 Å². The molecule has 0 N–H and O–H groups in total. The third-order valence-electron chi connectivity index (χ3n) is 2.18. The van der Waals surface area contributed by atoms with E-state index in [2.05, 4.69) is 4.74 Å². The zero-order valence-corrected chi connectivity index (χ0v) is 11.7. The second kappa shape index (κ2) is 6.38. The van der Waals surface area contributed by atoms with E-state index in [1.807, 2.05) is 0 Å². The molecule has 1 aromatic carbocycles. The highest BCUT2D eigenvalue weighted by molar-refractivity contribution is 6.43. The molecule has 1 rings (SSSR count). The van der Waals surface area contributed by atoms with Crippen molar-refractivity contribution in [3.05, 3.63) is 32.3 Å². The molecule has 0 spiro atoms. The van der Waals surface area contributed by atoms with E-state index in [0.29, 0.717) is 0 Å². The molecule has 102 valence electrons. The number of hydrogen-bond acceptors (Lipinski definition) is 3. The van der Waals surface area contributed by atoms with Gasteiger partial charge in [-0.25, -0.2) is 8.78 Å². The Morgan fingerprint density at radius 3 is 2.26 bits per heavy atom. The Balaban J connectivity index is 3.50. The molecule has 19 heavy (non-hydrogen) atoms. The number of carbonyl (C=O) groups excluding carboxylic acids is 1. The van der Waals surface area contributed by atoms with Gasteiger partial charge in [-0.15, -0.1) is 0 Å². The lowest BCUT2D eigenvalue weighted by molar-refractivity contribution is -0.143. The van der Waals surface area contributed by atoms with Crippen LogP contribution in [0.4, 0.5) is 8.78 Å². The third-order valence-corrected chi connectivity index (χ3v) is 3.36. The molecule has 3 nitrogen and oxygen atoms in total. The van der Waals surface area contributed by atoms with Crippen molar-refractivity contribution in [1.29, 1.82) is 5.26 Å². The van der Waals surface area contributed by atoms with Crippen LogP contribution in [0.1, 0.15) is 18.4 Å². The third kappa shape index (κ3) is 2.92. The smallest absolute Gasteiger partial charge is 0.328 e. The second-order valence-corrected chi connectivity index (χ2v) is 4.43. The Bertz CT molecular complexity index is 543. The maximum Gasteiger partial charge on any atom is 0.328 e. The Hall–Kier alpha value is -1.09. The molecule has 1 unspecified atom stereocenters. The zero-order valence-electron chi connectivity index (χ0n) is 9.44. The van der Waals surface area contributed by atoms with Crippen LogP contribution in [0, 0.1) is 23.0 Å². The minimum absolute atomic E-state index is 0.0277. The summed E-state index contributed by atoms with van der Waals surface area (Å²) in [5, 5.41) is 6.67. The summed E-state index contributed by atoms with van der Waals surface area (Å²) in [6.07, 6.45) is 0. The molecule has 0 aliphatic rings. The maximum atomic E-state index is 13.9. The van der Waals surface area contributed by atoms with Crippen LogP contribution in [0.3, 0.4) is 0 Å². The normalized spacial score (nSPS) is 11.8. The van der Waals surface area contributed by atoms with Crippen LogP contribution < -0.4 is 0 Å². The van der Waals surface area contributed by atoms with E-state index in [1.54, 1.807) is 0 Å². The Morgan fingerprint density at radius 1 is 1.26 bits per heavy atom. The summed E-state index contributed by atoms with van der Waals surface area (Å²) in [5.74, 6) is -5.20. The van der Waals surface area contributed by atoms with Gasteiger partial charge in [0.1, 0.15) is 5.82 Å². The molecule has 0 saturated heterocycles. The van der Waals surface area contributed by atoms with E-state index < -0.39 is 44.2 Å². The number of halogens is 5. The van der Waals surface area contributed by atoms with Gasteiger partial charge in [-0.3, -0.25) is 4.79 Å². The fourth-order valence-corrected chi connectivity index (χ4v) is 2.03. The zero-order chi connectivity index (χ0) is 14.7. The van der Waals surface area contributed by atoms with Crippen molar-refractivity contribution in [2.45, 2.75) is 12.8 Å². The predicted octanol–water partition coefficient (Wildman–Crippen LogP) is 4.10. The summed E-state index contributed by atoms with van der Waals surface area (Å²) in [6, 6.07) is 1.49. The number of rotatable bonds is 3. The van der Waals surface area contributed by atoms with Crippen LogP contribution >= 0.6 is 34.8 Å². The highest BCUT2D eigenvalue weighted by Crippen LogP contribution is 2.39. The molecular weight excluding hydrogens is 322 g/mol. The van der Waals surface area contributed by atoms with Crippen LogP contribution in [0.5, 0.6) is 0 Å². The molecule has 0 aromatic heterocycles. The first kappa shape index (κ1) is 16.0. The number of hydrogen-bond donors (Lipinski definition) is 0. The number of nitriles is 1. The van der Waals surface area contributed by atoms with Gasteiger partial charge in [0.25, 0.3) is 0 Å². The maximum absolute atomic E-state index is 13.9. The Labute approximate surface area is 122 Å². The standard InChI is InChI=1S/C11H6Cl3F2NO2/c1-2-19-11(18)4(3-17)5-6(12)10(16)8(14)7(13)9(5)15/h4H,2H2,1H3. The monoisotopic (exact) mass is 327 g/mol. The molecule has 0 radical (unpaired) electrons. The average Bonchev–Trinajstić information content (AvgIpc) is 2.39. The summed E-state index contributed by atoms with van der Waals surface area (Å²) in [6.45, 7) is 1.47. The van der Waals surface area contributed by atoms with Gasteiger partial charge >= 0.3 is 5.97 Å². The largest absolute Gasteiger partial charge is 0.465 e. The minimum atomic E-state index is -1.73. The average molecular weight is 329 g/mol. The van der Waals surface area contributed by atoms with E-state index >= 15 is 0 Å². The van der Waals surface area contributed by atoms with Gasteiger partial charge in [0.2, 0.25) is 0 Å². The molecule has 1 aromatic rings. The number of benzene rings is 1. The quantitative estimate of drug-likeness (QED) is 0.477. The topological polar surface area (TPSA) is 50.1 Å². The second-order valence-electron chi connectivity index (χ2n) is 3.30. The van der Waals surface area contributed by atoms with Crippen molar-refractivity contribution in [3.8, 4) is 6.07 Å². The Morgan fingerprint density at radius 2 is 1.79 bits per heavy atom. The van der Waals surface area contributed by atoms with Gasteiger partial charge in [-0.1, -0.05) is 34.8 Å². The van der Waals surface area contributed by atoms with Crippen molar-refractivity contribution < 1.29 is 18.3 Å². The molecule has 0 saturated carbocycles. The highest BCUT2D eigenvalue weighted by Gasteiger charge is 2.32. The van der Waals surface area contributed by atoms with Gasteiger partial charge in [0.05, 0.1) is 27.7 Å². The van der Waals surface area contributed by atoms with Crippen molar-refractivity contribution in [1.82, 2.24) is 0 Å². The Kier molecular flexibility index (Phi) is 5.36. The molecule has 1 atom stereocenters. The van der Waals surface area contributed by atoms with Crippen molar-refractivity contribution in [3.63, 3.8) is 0 Å². The molecule has 0 aliphatic carbocycles. The van der Waals surface area contributed by atoms with Gasteiger partial charge in [0.15, 0.2) is 11.7 Å². The van der Waals surface area contributed by atoms with Gasteiger partial charge in [-0.05, 0) is 6.92 Å². The summed E-state index contributed by atoms with van der Waals surface area (Å²) in [4.78, 5) is 11.5. The van der Waals surface area contributed by atoms with Crippen LogP contribution in [-0.4, -0.2) is 12.6 Å². The first-order valence-electron chi connectivity index (χ1n) is 4.94. The van der Waals surface area contributed by atoms with Crippen molar-refractivity contribution >= 4 is 40.8 Å². The minimum Gasteiger partial charge on any atom is -0.465 e. The summed E-state index contributed by atoms with van der Waals surface area (Å²) in [5.41, 5.74) is -0.686. The van der Waals surface area contributed by atoms with Crippen molar-refractivity contribution in [2.24, 2.45) is 0 Å². The SMILES string of the molecule is CCOC(=O)C(C#N)c1c(F)c(Cl)c(Cl)c(F)c1Cl. The van der Waals surface area contributed by atoms with Gasteiger partial charge in [0, 0.05) is 5.56 Å². The highest BCUT2D eigenvalue weighted by atomic mass is 35.5. The lowest BCUT2D eigenvalue weighted by atomic mass is 9.99. The van der Waals surface area contributed by atoms with Gasteiger partial charge in [-0.2, -0.15) is 5.26 Å². The van der Waals surface area contributed by atoms with E-state index in [1.165, 1.54) is 13.0 Å². The summed E-state index contributed by atoms with van der Waals surface area (Å²) >= 11 is 16.5. The van der Waals surface area contributed by atoms with Crippen LogP contribution in [0.15, 0.2) is 0 Å². The first-order valence-corrected chi connectivity index (χ1v) is 6.07. The molecule has 8 heteroatoms. The number of esters is 1. The number of carbonyl (C=O) groups is 1. The number of nitrogens with zero attached hydrogens (tertiary/aromatic N) is 1. The summed E-state index contributed by atoms with van der Waals surface area (Å²) < 4.78 is 32.1. The molecule has 0 heterocycles. The van der Waals surface area contributed by atoms with Crippen LogP contribution in [-0.2, 0) is 9.53 Å². The fraction of sp³-hybridized carbons (Fsp3) is 0.273. The van der Waals surface area contributed by atoms with E-state index in [9.17, 15) is 13.6 Å². The fourth-order valence-electron chi connectivity index (χ4n) is 1.34. The molecular formula is C11H6Cl3F2NO2.